The second kappa shape index (κ2) is 10.8. The first-order valence-corrected chi connectivity index (χ1v) is 9.18. The molecule has 0 unspecified atom stereocenters. The summed E-state index contributed by atoms with van der Waals surface area (Å²) in [4.78, 5) is 13.7. The van der Waals surface area contributed by atoms with Gasteiger partial charge in [-0.15, -0.1) is 0 Å². The van der Waals surface area contributed by atoms with Gasteiger partial charge in [0.2, 0.25) is 5.91 Å². The van der Waals surface area contributed by atoms with E-state index in [1.807, 2.05) is 12.1 Å². The molecule has 0 atom stereocenters. The van der Waals surface area contributed by atoms with Gasteiger partial charge in [0.25, 0.3) is 0 Å². The van der Waals surface area contributed by atoms with Gasteiger partial charge in [-0.2, -0.15) is 0 Å². The summed E-state index contributed by atoms with van der Waals surface area (Å²) in [5.41, 5.74) is 7.12. The summed E-state index contributed by atoms with van der Waals surface area (Å²) in [6.45, 7) is 4.72. The zero-order valence-corrected chi connectivity index (χ0v) is 15.1. The van der Waals surface area contributed by atoms with Crippen molar-refractivity contribution in [2.75, 3.05) is 26.3 Å². The molecular formula is C22H31N3O2. The summed E-state index contributed by atoms with van der Waals surface area (Å²) < 4.78 is 5.40. The second-order valence-corrected chi connectivity index (χ2v) is 6.77. The Morgan fingerprint density at radius 1 is 0.889 bits per heavy atom. The molecule has 5 nitrogen and oxygen atoms in total. The van der Waals surface area contributed by atoms with E-state index in [0.717, 1.165) is 51.3 Å². The smallest absolute Gasteiger partial charge is 0.238 e. The number of carbonyl (C=O) groups is 1. The first-order chi connectivity index (χ1) is 12.7. The molecule has 0 saturated carbocycles. The highest BCUT2D eigenvalue weighted by atomic mass is 16.5. The van der Waals surface area contributed by atoms with Crippen LogP contribution >= 0.6 is 0 Å². The molecule has 0 spiro atoms. The minimum atomic E-state index is -0.171. The van der Waals surface area contributed by atoms with Crippen molar-refractivity contribution in [1.29, 1.82) is 0 Å². The number of hydrogen-bond acceptors (Lipinski definition) is 4. The van der Waals surface area contributed by atoms with Crippen LogP contribution in [0, 0.1) is 0 Å². The van der Waals surface area contributed by atoms with Crippen LogP contribution in [0.1, 0.15) is 29.7 Å². The molecule has 1 fully saturated rings. The third-order valence-corrected chi connectivity index (χ3v) is 4.78. The van der Waals surface area contributed by atoms with Crippen LogP contribution in [0.5, 0.6) is 0 Å². The molecule has 0 radical (unpaired) electrons. The van der Waals surface area contributed by atoms with Gasteiger partial charge < -0.3 is 4.74 Å². The lowest BCUT2D eigenvalue weighted by Gasteiger charge is -2.26. The molecule has 0 aliphatic carbocycles. The van der Waals surface area contributed by atoms with E-state index in [0.29, 0.717) is 6.42 Å². The summed E-state index contributed by atoms with van der Waals surface area (Å²) in [7, 11) is 0. The number of hydrazine groups is 1. The van der Waals surface area contributed by atoms with Gasteiger partial charge in [0.1, 0.15) is 0 Å². The molecule has 1 saturated heterocycles. The summed E-state index contributed by atoms with van der Waals surface area (Å²) in [6.07, 6.45) is 2.33. The molecule has 146 valence electrons. The van der Waals surface area contributed by atoms with Crippen molar-refractivity contribution in [3.05, 3.63) is 70.8 Å². The van der Waals surface area contributed by atoms with Gasteiger partial charge in [0.15, 0.2) is 0 Å². The topological polar surface area (TPSA) is 67.6 Å². The quantitative estimate of drug-likeness (QED) is 0.447. The van der Waals surface area contributed by atoms with Gasteiger partial charge in [-0.25, -0.2) is 5.84 Å². The van der Waals surface area contributed by atoms with Crippen molar-refractivity contribution < 1.29 is 9.53 Å². The number of aryl methyl sites for hydroxylation is 2. The van der Waals surface area contributed by atoms with Crippen LogP contribution < -0.4 is 11.3 Å². The minimum absolute atomic E-state index is 0. The predicted octanol–water partition coefficient (Wildman–Crippen LogP) is 2.47. The first-order valence-electron chi connectivity index (χ1n) is 9.18. The first kappa shape index (κ1) is 21.1. The van der Waals surface area contributed by atoms with Crippen LogP contribution in [0.3, 0.4) is 0 Å². The Morgan fingerprint density at radius 2 is 1.37 bits per heavy atom. The SMILES string of the molecule is C.NNC(=O)Cc1ccc(CCc2ccc(CN3CCOCC3)cc2)cc1. The van der Waals surface area contributed by atoms with Crippen LogP contribution in [0.2, 0.25) is 0 Å². The van der Waals surface area contributed by atoms with Crippen LogP contribution in [-0.2, 0) is 35.3 Å². The van der Waals surface area contributed by atoms with Gasteiger partial charge >= 0.3 is 0 Å². The zero-order chi connectivity index (χ0) is 18.2. The van der Waals surface area contributed by atoms with E-state index in [1.165, 1.54) is 16.7 Å². The van der Waals surface area contributed by atoms with Crippen molar-refractivity contribution in [3.63, 3.8) is 0 Å². The molecule has 27 heavy (non-hydrogen) atoms. The van der Waals surface area contributed by atoms with Crippen LogP contribution in [0.4, 0.5) is 0 Å². The van der Waals surface area contributed by atoms with Crippen molar-refractivity contribution >= 4 is 5.91 Å². The normalized spacial score (nSPS) is 14.4. The Hall–Kier alpha value is -2.21. The number of nitrogens with zero attached hydrogens (tertiary/aromatic N) is 1. The summed E-state index contributed by atoms with van der Waals surface area (Å²) >= 11 is 0. The highest BCUT2D eigenvalue weighted by Gasteiger charge is 2.10. The van der Waals surface area contributed by atoms with Gasteiger partial charge in [-0.05, 0) is 35.1 Å². The molecular weight excluding hydrogens is 338 g/mol. The lowest BCUT2D eigenvalue weighted by atomic mass is 10.0. The van der Waals surface area contributed by atoms with E-state index in [4.69, 9.17) is 10.6 Å². The number of nitrogens with one attached hydrogen (secondary N) is 1. The summed E-state index contributed by atoms with van der Waals surface area (Å²) in [5, 5.41) is 0. The number of hydrogen-bond donors (Lipinski definition) is 2. The third-order valence-electron chi connectivity index (χ3n) is 4.78. The fourth-order valence-corrected chi connectivity index (χ4v) is 3.18. The number of carbonyl (C=O) groups excluding carboxylic acids is 1. The van der Waals surface area contributed by atoms with Crippen molar-refractivity contribution in [2.45, 2.75) is 33.2 Å². The summed E-state index contributed by atoms with van der Waals surface area (Å²) in [5.74, 6) is 4.95. The lowest BCUT2D eigenvalue weighted by Crippen LogP contribution is -2.35. The van der Waals surface area contributed by atoms with E-state index < -0.39 is 0 Å². The van der Waals surface area contributed by atoms with Gasteiger partial charge in [0, 0.05) is 19.6 Å². The van der Waals surface area contributed by atoms with Gasteiger partial charge in [-0.3, -0.25) is 15.1 Å². The molecule has 5 heteroatoms. The van der Waals surface area contributed by atoms with Gasteiger partial charge in [0.05, 0.1) is 19.6 Å². The number of benzene rings is 2. The maximum absolute atomic E-state index is 11.3. The van der Waals surface area contributed by atoms with E-state index in [-0.39, 0.29) is 13.3 Å². The molecule has 2 aromatic carbocycles. The van der Waals surface area contributed by atoms with E-state index in [2.05, 4.69) is 46.7 Å². The van der Waals surface area contributed by atoms with Crippen molar-refractivity contribution in [1.82, 2.24) is 10.3 Å². The number of ether oxygens (including phenoxy) is 1. The Labute approximate surface area is 162 Å². The Balaban J connectivity index is 0.00000261. The minimum Gasteiger partial charge on any atom is -0.379 e. The highest BCUT2D eigenvalue weighted by Crippen LogP contribution is 2.13. The molecule has 0 bridgehead atoms. The van der Waals surface area contributed by atoms with E-state index >= 15 is 0 Å². The Bertz CT molecular complexity index is 693. The third kappa shape index (κ3) is 6.79. The maximum Gasteiger partial charge on any atom is 0.238 e. The lowest BCUT2D eigenvalue weighted by molar-refractivity contribution is -0.120. The average molecular weight is 370 g/mol. The molecule has 0 aromatic heterocycles. The predicted molar refractivity (Wildman–Crippen MR) is 109 cm³/mol. The van der Waals surface area contributed by atoms with E-state index in [1.54, 1.807) is 0 Å². The van der Waals surface area contributed by atoms with Crippen molar-refractivity contribution in [2.24, 2.45) is 5.84 Å². The molecule has 3 N–H and O–H groups in total. The van der Waals surface area contributed by atoms with Gasteiger partial charge in [-0.1, -0.05) is 56.0 Å². The molecule has 1 aliphatic rings. The monoisotopic (exact) mass is 369 g/mol. The van der Waals surface area contributed by atoms with Crippen molar-refractivity contribution in [3.8, 4) is 0 Å². The number of rotatable bonds is 7. The molecule has 1 amide bonds. The largest absolute Gasteiger partial charge is 0.379 e. The Kier molecular flexibility index (Phi) is 8.45. The Morgan fingerprint density at radius 3 is 1.89 bits per heavy atom. The standard InChI is InChI=1S/C21H27N3O2.CH4/c22-23-21(25)15-19-7-3-17(4-8-19)1-2-18-5-9-20(10-6-18)16-24-11-13-26-14-12-24;/h3-10H,1-2,11-16,22H2,(H,23,25);1H4. The number of morpholine rings is 1. The van der Waals surface area contributed by atoms with Crippen LogP contribution in [-0.4, -0.2) is 37.1 Å². The zero-order valence-electron chi connectivity index (χ0n) is 15.1. The number of amides is 1. The fourth-order valence-electron chi connectivity index (χ4n) is 3.18. The molecule has 1 aliphatic heterocycles. The highest BCUT2D eigenvalue weighted by molar-refractivity contribution is 5.77. The number of nitrogens with two attached hydrogens (primary N) is 1. The summed E-state index contributed by atoms with van der Waals surface area (Å²) in [6, 6.07) is 17.1. The molecule has 1 heterocycles. The van der Waals surface area contributed by atoms with Crippen LogP contribution in [0.15, 0.2) is 48.5 Å². The maximum atomic E-state index is 11.3. The molecule has 2 aromatic rings. The second-order valence-electron chi connectivity index (χ2n) is 6.77. The van der Waals surface area contributed by atoms with E-state index in [9.17, 15) is 4.79 Å². The molecule has 3 rings (SSSR count). The average Bonchev–Trinajstić information content (AvgIpc) is 2.69. The fraction of sp³-hybridized carbons (Fsp3) is 0.409. The van der Waals surface area contributed by atoms with Crippen LogP contribution in [0.25, 0.3) is 0 Å².